The maximum Gasteiger partial charge on any atom is 0.339 e. The second-order valence-corrected chi connectivity index (χ2v) is 4.92. The van der Waals surface area contributed by atoms with E-state index >= 15 is 0 Å². The van der Waals surface area contributed by atoms with Gasteiger partial charge in [-0.2, -0.15) is 0 Å². The molecule has 0 amide bonds. The Bertz CT molecular complexity index is 332. The molecule has 0 aromatic rings. The molecule has 4 heteroatoms. The molecule has 0 spiro atoms. The molecular formula is C13H21NO3. The summed E-state index contributed by atoms with van der Waals surface area (Å²) in [5.74, 6) is 2.42. The van der Waals surface area contributed by atoms with Crippen LogP contribution in [0.25, 0.3) is 0 Å². The topological polar surface area (TPSA) is 38.8 Å². The fourth-order valence-corrected chi connectivity index (χ4v) is 1.85. The van der Waals surface area contributed by atoms with E-state index in [9.17, 15) is 4.79 Å². The summed E-state index contributed by atoms with van der Waals surface area (Å²) >= 11 is 0. The third-order valence-electron chi connectivity index (χ3n) is 3.13. The second-order valence-electron chi connectivity index (χ2n) is 4.92. The van der Waals surface area contributed by atoms with Crippen molar-refractivity contribution < 1.29 is 14.3 Å². The van der Waals surface area contributed by atoms with Gasteiger partial charge >= 0.3 is 5.97 Å². The molecule has 1 atom stereocenters. The lowest BCUT2D eigenvalue weighted by Gasteiger charge is -2.44. The SMILES string of the molecule is C#CC(C)(C)N1CCOC(C)(C(=O)OCC)C1. The van der Waals surface area contributed by atoms with Gasteiger partial charge in [-0.1, -0.05) is 5.92 Å². The number of carbonyl (C=O) groups is 1. The summed E-state index contributed by atoms with van der Waals surface area (Å²) in [5.41, 5.74) is -1.29. The lowest BCUT2D eigenvalue weighted by atomic mass is 9.97. The lowest BCUT2D eigenvalue weighted by molar-refractivity contribution is -0.183. The van der Waals surface area contributed by atoms with Gasteiger partial charge in [-0.15, -0.1) is 6.42 Å². The van der Waals surface area contributed by atoms with Crippen LogP contribution in [0, 0.1) is 12.3 Å². The number of nitrogens with zero attached hydrogens (tertiary/aromatic N) is 1. The first kappa shape index (κ1) is 14.0. The van der Waals surface area contributed by atoms with Crippen molar-refractivity contribution in [1.82, 2.24) is 4.90 Å². The molecule has 1 saturated heterocycles. The summed E-state index contributed by atoms with van der Waals surface area (Å²) in [6.45, 7) is 9.50. The molecule has 17 heavy (non-hydrogen) atoms. The van der Waals surface area contributed by atoms with Crippen LogP contribution in [0.2, 0.25) is 0 Å². The highest BCUT2D eigenvalue weighted by Crippen LogP contribution is 2.25. The highest BCUT2D eigenvalue weighted by atomic mass is 16.6. The van der Waals surface area contributed by atoms with Crippen LogP contribution in [0.4, 0.5) is 0 Å². The number of hydrogen-bond donors (Lipinski definition) is 0. The van der Waals surface area contributed by atoms with Gasteiger partial charge in [0, 0.05) is 13.1 Å². The fourth-order valence-electron chi connectivity index (χ4n) is 1.85. The van der Waals surface area contributed by atoms with Gasteiger partial charge in [0.15, 0.2) is 5.60 Å². The Morgan fingerprint density at radius 3 is 2.82 bits per heavy atom. The van der Waals surface area contributed by atoms with Gasteiger partial charge < -0.3 is 9.47 Å². The highest BCUT2D eigenvalue weighted by molar-refractivity contribution is 5.79. The van der Waals surface area contributed by atoms with Crippen molar-refractivity contribution >= 4 is 5.97 Å². The Labute approximate surface area is 103 Å². The minimum absolute atomic E-state index is 0.322. The summed E-state index contributed by atoms with van der Waals surface area (Å²) in [7, 11) is 0. The molecule has 0 bridgehead atoms. The van der Waals surface area contributed by atoms with Crippen LogP contribution in [0.5, 0.6) is 0 Å². The number of ether oxygens (including phenoxy) is 2. The third-order valence-corrected chi connectivity index (χ3v) is 3.13. The molecule has 0 radical (unpaired) electrons. The van der Waals surface area contributed by atoms with Gasteiger partial charge in [0.25, 0.3) is 0 Å². The van der Waals surface area contributed by atoms with Crippen LogP contribution >= 0.6 is 0 Å². The summed E-state index contributed by atoms with van der Waals surface area (Å²) < 4.78 is 10.6. The molecule has 1 unspecified atom stereocenters. The molecule has 1 heterocycles. The number of rotatable bonds is 3. The molecule has 0 aromatic carbocycles. The average molecular weight is 239 g/mol. The van der Waals surface area contributed by atoms with Crippen LogP contribution in [0.15, 0.2) is 0 Å². The summed E-state index contributed by atoms with van der Waals surface area (Å²) in [6, 6.07) is 0. The minimum atomic E-state index is -0.914. The molecule has 1 aliphatic rings. The van der Waals surface area contributed by atoms with Crippen LogP contribution < -0.4 is 0 Å². The molecule has 0 aliphatic carbocycles. The van der Waals surface area contributed by atoms with Crippen molar-refractivity contribution in [1.29, 1.82) is 0 Å². The number of carbonyl (C=O) groups excluding carboxylic acids is 1. The van der Waals surface area contributed by atoms with Gasteiger partial charge in [0.05, 0.1) is 18.8 Å². The molecule has 0 N–H and O–H groups in total. The van der Waals surface area contributed by atoms with Gasteiger partial charge in [-0.05, 0) is 27.7 Å². The number of esters is 1. The van der Waals surface area contributed by atoms with E-state index in [1.165, 1.54) is 0 Å². The third kappa shape index (κ3) is 2.99. The molecule has 0 aromatic heterocycles. The smallest absolute Gasteiger partial charge is 0.339 e. The second kappa shape index (κ2) is 5.07. The van der Waals surface area contributed by atoms with Crippen molar-refractivity contribution in [3.63, 3.8) is 0 Å². The molecule has 0 saturated carbocycles. The minimum Gasteiger partial charge on any atom is -0.464 e. The Balaban J connectivity index is 2.79. The van der Waals surface area contributed by atoms with Crippen molar-refractivity contribution in [2.24, 2.45) is 0 Å². The molecule has 1 rings (SSSR count). The van der Waals surface area contributed by atoms with Crippen molar-refractivity contribution in [2.45, 2.75) is 38.8 Å². The first-order chi connectivity index (χ1) is 7.85. The van der Waals surface area contributed by atoms with Crippen molar-refractivity contribution in [3.05, 3.63) is 0 Å². The first-order valence-electron chi connectivity index (χ1n) is 5.90. The van der Waals surface area contributed by atoms with Crippen LogP contribution in [-0.4, -0.2) is 48.3 Å². The summed E-state index contributed by atoms with van der Waals surface area (Å²) in [4.78, 5) is 13.9. The zero-order valence-corrected chi connectivity index (χ0v) is 11.1. The van der Waals surface area contributed by atoms with E-state index in [1.807, 2.05) is 13.8 Å². The van der Waals surface area contributed by atoms with Crippen LogP contribution in [0.1, 0.15) is 27.7 Å². The predicted octanol–water partition coefficient (Wildman–Crippen LogP) is 1.05. The summed E-state index contributed by atoms with van der Waals surface area (Å²) in [6.07, 6.45) is 5.51. The zero-order chi connectivity index (χ0) is 13.1. The number of morpholine rings is 1. The Morgan fingerprint density at radius 1 is 1.65 bits per heavy atom. The largest absolute Gasteiger partial charge is 0.464 e. The number of hydrogen-bond acceptors (Lipinski definition) is 4. The first-order valence-corrected chi connectivity index (χ1v) is 5.90. The molecular weight excluding hydrogens is 218 g/mol. The Morgan fingerprint density at radius 2 is 2.29 bits per heavy atom. The van der Waals surface area contributed by atoms with Crippen LogP contribution in [0.3, 0.4) is 0 Å². The van der Waals surface area contributed by atoms with E-state index in [-0.39, 0.29) is 11.5 Å². The van der Waals surface area contributed by atoms with E-state index in [0.717, 1.165) is 6.54 Å². The molecule has 4 nitrogen and oxygen atoms in total. The maximum atomic E-state index is 11.9. The van der Waals surface area contributed by atoms with E-state index in [1.54, 1.807) is 13.8 Å². The number of terminal acetylenes is 1. The predicted molar refractivity (Wildman–Crippen MR) is 65.5 cm³/mol. The fraction of sp³-hybridized carbons (Fsp3) is 0.769. The van der Waals surface area contributed by atoms with Gasteiger partial charge in [-0.25, -0.2) is 4.79 Å². The van der Waals surface area contributed by atoms with Crippen molar-refractivity contribution in [3.8, 4) is 12.3 Å². The van der Waals surface area contributed by atoms with E-state index in [4.69, 9.17) is 15.9 Å². The van der Waals surface area contributed by atoms with E-state index in [0.29, 0.717) is 19.8 Å². The Hall–Kier alpha value is -1.05. The van der Waals surface area contributed by atoms with E-state index < -0.39 is 5.60 Å². The van der Waals surface area contributed by atoms with Crippen molar-refractivity contribution in [2.75, 3.05) is 26.3 Å². The zero-order valence-electron chi connectivity index (χ0n) is 11.1. The standard InChI is InChI=1S/C13H21NO3/c1-6-12(3,4)14-8-9-17-13(5,10-14)11(15)16-7-2/h1H,7-10H2,2-5H3. The normalized spacial score (nSPS) is 26.3. The molecule has 96 valence electrons. The van der Waals surface area contributed by atoms with Gasteiger partial charge in [-0.3, -0.25) is 4.90 Å². The summed E-state index contributed by atoms with van der Waals surface area (Å²) in [5, 5.41) is 0. The molecule has 1 aliphatic heterocycles. The lowest BCUT2D eigenvalue weighted by Crippen LogP contribution is -2.60. The van der Waals surface area contributed by atoms with Crippen LogP contribution in [-0.2, 0) is 14.3 Å². The molecule has 1 fully saturated rings. The van der Waals surface area contributed by atoms with Gasteiger partial charge in [0.1, 0.15) is 0 Å². The quantitative estimate of drug-likeness (QED) is 0.545. The van der Waals surface area contributed by atoms with E-state index in [2.05, 4.69) is 10.8 Å². The maximum absolute atomic E-state index is 11.9. The highest BCUT2D eigenvalue weighted by Gasteiger charge is 2.43. The average Bonchev–Trinajstić information content (AvgIpc) is 2.29. The van der Waals surface area contributed by atoms with Gasteiger partial charge in [0.2, 0.25) is 0 Å². The monoisotopic (exact) mass is 239 g/mol. The Kier molecular flexibility index (Phi) is 4.18.